The van der Waals surface area contributed by atoms with E-state index in [1.165, 1.54) is 6.39 Å². The number of benzene rings is 1. The van der Waals surface area contributed by atoms with Gasteiger partial charge in [0.15, 0.2) is 5.82 Å². The fraction of sp³-hybridized carbons (Fsp3) is 0.368. The minimum Gasteiger partial charge on any atom is -0.494 e. The molecular formula is C19H22N6O2. The van der Waals surface area contributed by atoms with Crippen LogP contribution in [0.5, 0.6) is 5.75 Å². The normalized spacial score (nSPS) is 15.1. The van der Waals surface area contributed by atoms with Crippen molar-refractivity contribution in [2.45, 2.75) is 13.5 Å². The van der Waals surface area contributed by atoms with Crippen LogP contribution in [-0.2, 0) is 6.54 Å². The first-order chi connectivity index (χ1) is 13.3. The second kappa shape index (κ2) is 8.13. The van der Waals surface area contributed by atoms with Crippen LogP contribution in [0.1, 0.15) is 12.8 Å². The van der Waals surface area contributed by atoms with Crippen LogP contribution in [0.15, 0.2) is 47.2 Å². The number of nitrogens with zero attached hydrogens (tertiary/aromatic N) is 6. The van der Waals surface area contributed by atoms with Crippen LogP contribution < -0.4 is 9.64 Å². The van der Waals surface area contributed by atoms with Gasteiger partial charge in [-0.2, -0.15) is 0 Å². The lowest BCUT2D eigenvalue weighted by Crippen LogP contribution is -2.46. The van der Waals surface area contributed by atoms with E-state index in [9.17, 15) is 0 Å². The Bertz CT molecular complexity index is 828. The van der Waals surface area contributed by atoms with E-state index in [0.717, 1.165) is 49.0 Å². The van der Waals surface area contributed by atoms with Gasteiger partial charge in [-0.3, -0.25) is 4.90 Å². The number of rotatable bonds is 6. The fourth-order valence-electron chi connectivity index (χ4n) is 3.13. The average Bonchev–Trinajstić information content (AvgIpc) is 3.23. The van der Waals surface area contributed by atoms with E-state index in [1.807, 2.05) is 43.3 Å². The van der Waals surface area contributed by atoms with Crippen LogP contribution in [0.25, 0.3) is 11.3 Å². The number of piperazine rings is 1. The molecule has 8 heteroatoms. The van der Waals surface area contributed by atoms with Gasteiger partial charge in [0, 0.05) is 31.7 Å². The molecule has 1 aliphatic heterocycles. The Morgan fingerprint density at radius 1 is 0.963 bits per heavy atom. The zero-order chi connectivity index (χ0) is 18.5. The molecule has 0 saturated carbocycles. The molecule has 0 unspecified atom stereocenters. The molecule has 3 heterocycles. The van der Waals surface area contributed by atoms with Crippen molar-refractivity contribution in [1.82, 2.24) is 25.3 Å². The molecule has 0 bridgehead atoms. The largest absolute Gasteiger partial charge is 0.494 e. The van der Waals surface area contributed by atoms with E-state index in [4.69, 9.17) is 9.15 Å². The van der Waals surface area contributed by atoms with Gasteiger partial charge in [0.2, 0.25) is 12.3 Å². The van der Waals surface area contributed by atoms with Gasteiger partial charge in [-0.05, 0) is 43.3 Å². The molecule has 1 aromatic carbocycles. The van der Waals surface area contributed by atoms with Crippen LogP contribution in [-0.4, -0.2) is 58.1 Å². The molecule has 0 aliphatic carbocycles. The lowest BCUT2D eigenvalue weighted by Gasteiger charge is -2.34. The van der Waals surface area contributed by atoms with Gasteiger partial charge in [0.05, 0.1) is 18.8 Å². The van der Waals surface area contributed by atoms with Crippen LogP contribution >= 0.6 is 0 Å². The Kier molecular flexibility index (Phi) is 5.24. The van der Waals surface area contributed by atoms with Gasteiger partial charge < -0.3 is 14.1 Å². The maximum atomic E-state index is 5.48. The molecule has 1 fully saturated rings. The van der Waals surface area contributed by atoms with Crippen molar-refractivity contribution in [3.05, 3.63) is 48.7 Å². The van der Waals surface area contributed by atoms with Gasteiger partial charge in [-0.1, -0.05) is 0 Å². The van der Waals surface area contributed by atoms with E-state index < -0.39 is 0 Å². The summed E-state index contributed by atoms with van der Waals surface area (Å²) in [6.07, 6.45) is 1.37. The third-order valence-corrected chi connectivity index (χ3v) is 4.57. The van der Waals surface area contributed by atoms with Crippen molar-refractivity contribution in [3.63, 3.8) is 0 Å². The maximum absolute atomic E-state index is 5.48. The average molecular weight is 366 g/mol. The summed E-state index contributed by atoms with van der Waals surface area (Å²) in [6.45, 7) is 6.96. The molecule has 0 atom stereocenters. The van der Waals surface area contributed by atoms with Crippen molar-refractivity contribution in [2.24, 2.45) is 0 Å². The van der Waals surface area contributed by atoms with E-state index in [2.05, 4.69) is 30.2 Å². The van der Waals surface area contributed by atoms with Crippen LogP contribution in [0.2, 0.25) is 0 Å². The Morgan fingerprint density at radius 2 is 1.78 bits per heavy atom. The Labute approximate surface area is 157 Å². The molecule has 2 aromatic heterocycles. The third-order valence-electron chi connectivity index (χ3n) is 4.57. The van der Waals surface area contributed by atoms with Gasteiger partial charge in [0.1, 0.15) is 5.75 Å². The number of ether oxygens (including phenoxy) is 1. The number of anilines is 1. The standard InChI is InChI=1S/C19H22N6O2/c1-2-26-16-5-3-15(4-6-16)17-7-8-18(22-21-17)25-11-9-24(10-12-25)13-19-23-20-14-27-19/h3-8,14H,2,9-13H2,1H3. The van der Waals surface area contributed by atoms with Gasteiger partial charge in [0.25, 0.3) is 0 Å². The summed E-state index contributed by atoms with van der Waals surface area (Å²) >= 11 is 0. The minimum absolute atomic E-state index is 0.656. The minimum atomic E-state index is 0.656. The molecule has 0 spiro atoms. The summed E-state index contributed by atoms with van der Waals surface area (Å²) in [7, 11) is 0. The van der Waals surface area contributed by atoms with Gasteiger partial charge in [-0.25, -0.2) is 0 Å². The molecule has 3 aromatic rings. The summed E-state index contributed by atoms with van der Waals surface area (Å²) in [5.74, 6) is 2.43. The molecule has 0 amide bonds. The smallest absolute Gasteiger partial charge is 0.230 e. The summed E-state index contributed by atoms with van der Waals surface area (Å²) in [5.41, 5.74) is 1.89. The van der Waals surface area contributed by atoms with E-state index >= 15 is 0 Å². The van der Waals surface area contributed by atoms with Crippen molar-refractivity contribution in [1.29, 1.82) is 0 Å². The Hall–Kier alpha value is -3.00. The maximum Gasteiger partial charge on any atom is 0.230 e. The molecule has 0 N–H and O–H groups in total. The summed E-state index contributed by atoms with van der Waals surface area (Å²) < 4.78 is 10.7. The van der Waals surface area contributed by atoms with E-state index in [0.29, 0.717) is 19.0 Å². The van der Waals surface area contributed by atoms with Crippen molar-refractivity contribution < 1.29 is 9.15 Å². The molecule has 0 radical (unpaired) electrons. The summed E-state index contributed by atoms with van der Waals surface area (Å²) in [5, 5.41) is 16.5. The van der Waals surface area contributed by atoms with Crippen LogP contribution in [0.4, 0.5) is 5.82 Å². The lowest BCUT2D eigenvalue weighted by atomic mass is 10.1. The van der Waals surface area contributed by atoms with Crippen LogP contribution in [0.3, 0.4) is 0 Å². The van der Waals surface area contributed by atoms with Crippen molar-refractivity contribution in [3.8, 4) is 17.0 Å². The highest BCUT2D eigenvalue weighted by Crippen LogP contribution is 2.22. The summed E-state index contributed by atoms with van der Waals surface area (Å²) in [4.78, 5) is 4.55. The SMILES string of the molecule is CCOc1ccc(-c2ccc(N3CCN(Cc4nnco4)CC3)nn2)cc1. The predicted octanol–water partition coefficient (Wildman–Crippen LogP) is 2.25. The predicted molar refractivity (Wildman–Crippen MR) is 100 cm³/mol. The number of hydrogen-bond donors (Lipinski definition) is 0. The van der Waals surface area contributed by atoms with Crippen LogP contribution in [0, 0.1) is 0 Å². The first kappa shape index (κ1) is 17.4. The van der Waals surface area contributed by atoms with Crippen molar-refractivity contribution >= 4 is 5.82 Å². The van der Waals surface area contributed by atoms with E-state index in [-0.39, 0.29) is 0 Å². The first-order valence-electron chi connectivity index (χ1n) is 9.11. The molecule has 27 heavy (non-hydrogen) atoms. The highest BCUT2D eigenvalue weighted by atomic mass is 16.5. The monoisotopic (exact) mass is 366 g/mol. The first-order valence-corrected chi connectivity index (χ1v) is 9.11. The topological polar surface area (TPSA) is 80.4 Å². The molecule has 140 valence electrons. The zero-order valence-electron chi connectivity index (χ0n) is 15.3. The highest BCUT2D eigenvalue weighted by Gasteiger charge is 2.19. The molecule has 4 rings (SSSR count). The zero-order valence-corrected chi connectivity index (χ0v) is 15.3. The quantitative estimate of drug-likeness (QED) is 0.657. The highest BCUT2D eigenvalue weighted by molar-refractivity contribution is 5.60. The molecule has 1 saturated heterocycles. The number of aromatic nitrogens is 4. The Morgan fingerprint density at radius 3 is 2.41 bits per heavy atom. The third kappa shape index (κ3) is 4.22. The summed E-state index contributed by atoms with van der Waals surface area (Å²) in [6, 6.07) is 12.0. The van der Waals surface area contributed by atoms with Gasteiger partial charge in [-0.15, -0.1) is 20.4 Å². The van der Waals surface area contributed by atoms with Gasteiger partial charge >= 0.3 is 0 Å². The van der Waals surface area contributed by atoms with E-state index in [1.54, 1.807) is 0 Å². The lowest BCUT2D eigenvalue weighted by molar-refractivity contribution is 0.225. The fourth-order valence-corrected chi connectivity index (χ4v) is 3.13. The molecular weight excluding hydrogens is 344 g/mol. The number of hydrogen-bond acceptors (Lipinski definition) is 8. The molecule has 8 nitrogen and oxygen atoms in total. The molecule has 1 aliphatic rings. The van der Waals surface area contributed by atoms with Crippen molar-refractivity contribution in [2.75, 3.05) is 37.7 Å². The second-order valence-electron chi connectivity index (χ2n) is 6.33. The second-order valence-corrected chi connectivity index (χ2v) is 6.33. The Balaban J connectivity index is 1.35.